The number of ether oxygens (including phenoxy) is 1. The molecule has 1 N–H and O–H groups in total. The van der Waals surface area contributed by atoms with Crippen LogP contribution in [0.1, 0.15) is 19.8 Å². The van der Waals surface area contributed by atoms with E-state index in [1.807, 2.05) is 12.1 Å². The Bertz CT molecular complexity index is 1250. The van der Waals surface area contributed by atoms with E-state index in [1.165, 1.54) is 0 Å². The lowest BCUT2D eigenvalue weighted by atomic mass is 10.0. The van der Waals surface area contributed by atoms with E-state index in [9.17, 15) is 4.79 Å². The minimum atomic E-state index is -0.139. The quantitative estimate of drug-likeness (QED) is 0.162. The monoisotopic (exact) mass is 519 g/mol. The van der Waals surface area contributed by atoms with Gasteiger partial charge >= 0.3 is 0 Å². The molecule has 1 amide bonds. The number of nitrogens with one attached hydrogen (secondary N) is 1. The number of benzene rings is 3. The highest BCUT2D eigenvalue weighted by atomic mass is 35.5. The topological polar surface area (TPSA) is 56.2 Å². The second-order valence-electron chi connectivity index (χ2n) is 8.27. The molecule has 0 aliphatic carbocycles. The average Bonchev–Trinajstić information content (AvgIpc) is 3.27. The van der Waals surface area contributed by atoms with Crippen LogP contribution >= 0.6 is 23.4 Å². The van der Waals surface area contributed by atoms with Gasteiger partial charge in [-0.1, -0.05) is 91.0 Å². The molecule has 1 aromatic heterocycles. The van der Waals surface area contributed by atoms with Crippen molar-refractivity contribution >= 4 is 29.3 Å². The number of thioether (sulfide) groups is 1. The fourth-order valence-electron chi connectivity index (χ4n) is 3.85. The molecule has 186 valence electrons. The van der Waals surface area contributed by atoms with E-state index in [4.69, 9.17) is 21.3 Å². The van der Waals surface area contributed by atoms with E-state index in [0.29, 0.717) is 17.3 Å². The lowest BCUT2D eigenvalue weighted by molar-refractivity contribution is -0.123. The van der Waals surface area contributed by atoms with Crippen LogP contribution in [0.5, 0.6) is 5.75 Å². The highest BCUT2D eigenvalue weighted by Gasteiger charge is 2.19. The summed E-state index contributed by atoms with van der Waals surface area (Å²) in [5, 5.41) is 4.57. The first-order valence-corrected chi connectivity index (χ1v) is 13.5. The molecule has 0 radical (unpaired) electrons. The number of imidazole rings is 1. The number of hydrogen-bond donors (Lipinski definition) is 1. The van der Waals surface area contributed by atoms with Crippen molar-refractivity contribution in [3.8, 4) is 28.3 Å². The minimum Gasteiger partial charge on any atom is -0.484 e. The molecule has 0 atom stereocenters. The molecule has 0 unspecified atom stereocenters. The molecule has 0 aliphatic heterocycles. The smallest absolute Gasteiger partial charge is 0.257 e. The van der Waals surface area contributed by atoms with Gasteiger partial charge in [-0.05, 0) is 37.1 Å². The van der Waals surface area contributed by atoms with Crippen molar-refractivity contribution in [2.24, 2.45) is 0 Å². The zero-order valence-corrected chi connectivity index (χ0v) is 21.9. The maximum atomic E-state index is 12.1. The standard InChI is InChI=1S/C29H30ClN3O2S/c1-2-19-33-28(23-12-7-4-8-13-23)27(22-10-5-3-6-11-22)32-29(33)36-20-9-18-31-26(34)21-35-25-16-14-24(30)15-17-25/h3-8,10-17H,2,9,18-21H2,1H3,(H,31,34). The van der Waals surface area contributed by atoms with Crippen LogP contribution in [0.2, 0.25) is 5.02 Å². The van der Waals surface area contributed by atoms with Gasteiger partial charge in [0.2, 0.25) is 0 Å². The van der Waals surface area contributed by atoms with Gasteiger partial charge in [-0.2, -0.15) is 0 Å². The van der Waals surface area contributed by atoms with E-state index >= 15 is 0 Å². The lowest BCUT2D eigenvalue weighted by Crippen LogP contribution is -2.29. The van der Waals surface area contributed by atoms with Gasteiger partial charge in [0.1, 0.15) is 5.75 Å². The number of hydrogen-bond acceptors (Lipinski definition) is 4. The maximum absolute atomic E-state index is 12.1. The zero-order valence-electron chi connectivity index (χ0n) is 20.3. The predicted molar refractivity (Wildman–Crippen MR) is 149 cm³/mol. The number of nitrogens with zero attached hydrogens (tertiary/aromatic N) is 2. The Morgan fingerprint density at radius 3 is 2.31 bits per heavy atom. The third-order valence-electron chi connectivity index (χ3n) is 5.53. The van der Waals surface area contributed by atoms with Crippen molar-refractivity contribution in [1.29, 1.82) is 0 Å². The molecule has 36 heavy (non-hydrogen) atoms. The number of carbonyl (C=O) groups is 1. The van der Waals surface area contributed by atoms with Crippen LogP contribution in [0.15, 0.2) is 90.1 Å². The van der Waals surface area contributed by atoms with Gasteiger partial charge in [-0.25, -0.2) is 4.98 Å². The molecule has 4 rings (SSSR count). The molecule has 4 aromatic rings. The molecule has 0 fully saturated rings. The first-order valence-electron chi connectivity index (χ1n) is 12.1. The Hall–Kier alpha value is -3.22. The van der Waals surface area contributed by atoms with Gasteiger partial charge in [-0.15, -0.1) is 0 Å². The van der Waals surface area contributed by atoms with E-state index in [2.05, 4.69) is 65.3 Å². The van der Waals surface area contributed by atoms with Gasteiger partial charge in [0.25, 0.3) is 5.91 Å². The molecular weight excluding hydrogens is 490 g/mol. The van der Waals surface area contributed by atoms with Gasteiger partial charge in [0.15, 0.2) is 11.8 Å². The van der Waals surface area contributed by atoms with E-state index in [-0.39, 0.29) is 12.5 Å². The molecule has 1 heterocycles. The first kappa shape index (κ1) is 25.9. The summed E-state index contributed by atoms with van der Waals surface area (Å²) in [5.41, 5.74) is 4.43. The minimum absolute atomic E-state index is 0.0173. The molecule has 0 bridgehead atoms. The molecule has 0 saturated heterocycles. The van der Waals surface area contributed by atoms with Crippen LogP contribution in [-0.2, 0) is 11.3 Å². The van der Waals surface area contributed by atoms with Crippen molar-refractivity contribution < 1.29 is 9.53 Å². The fourth-order valence-corrected chi connectivity index (χ4v) is 4.95. The van der Waals surface area contributed by atoms with Crippen LogP contribution in [0.4, 0.5) is 0 Å². The molecule has 0 saturated carbocycles. The third-order valence-corrected chi connectivity index (χ3v) is 6.85. The van der Waals surface area contributed by atoms with E-state index in [0.717, 1.165) is 52.8 Å². The second kappa shape index (κ2) is 13.2. The van der Waals surface area contributed by atoms with Crippen molar-refractivity contribution in [3.05, 3.63) is 90.0 Å². The summed E-state index contributed by atoms with van der Waals surface area (Å²) in [6.07, 6.45) is 1.85. The van der Waals surface area contributed by atoms with Gasteiger partial charge in [0.05, 0.1) is 11.4 Å². The highest BCUT2D eigenvalue weighted by Crippen LogP contribution is 2.36. The van der Waals surface area contributed by atoms with Crippen LogP contribution in [0.25, 0.3) is 22.5 Å². The number of rotatable bonds is 12. The fraction of sp³-hybridized carbons (Fsp3) is 0.241. The second-order valence-corrected chi connectivity index (χ2v) is 9.77. The number of aromatic nitrogens is 2. The Morgan fingerprint density at radius 1 is 0.972 bits per heavy atom. The van der Waals surface area contributed by atoms with Crippen LogP contribution in [0.3, 0.4) is 0 Å². The van der Waals surface area contributed by atoms with Crippen LogP contribution < -0.4 is 10.1 Å². The molecular formula is C29H30ClN3O2S. The Labute approximate surface area is 221 Å². The average molecular weight is 520 g/mol. The van der Waals surface area contributed by atoms with Crippen molar-refractivity contribution in [2.45, 2.75) is 31.5 Å². The lowest BCUT2D eigenvalue weighted by Gasteiger charge is -2.12. The van der Waals surface area contributed by atoms with Crippen LogP contribution in [0, 0.1) is 0 Å². The van der Waals surface area contributed by atoms with E-state index in [1.54, 1.807) is 36.0 Å². The van der Waals surface area contributed by atoms with E-state index < -0.39 is 0 Å². The first-order chi connectivity index (χ1) is 17.7. The maximum Gasteiger partial charge on any atom is 0.257 e. The molecule has 5 nitrogen and oxygen atoms in total. The number of amides is 1. The molecule has 3 aromatic carbocycles. The molecule has 0 spiro atoms. The predicted octanol–water partition coefficient (Wildman–Crippen LogP) is 6.96. The Balaban J connectivity index is 1.38. The Kier molecular flexibility index (Phi) is 9.47. The summed E-state index contributed by atoms with van der Waals surface area (Å²) in [7, 11) is 0. The van der Waals surface area contributed by atoms with Crippen LogP contribution in [-0.4, -0.2) is 34.4 Å². The third kappa shape index (κ3) is 6.93. The molecule has 0 aliphatic rings. The largest absolute Gasteiger partial charge is 0.484 e. The summed E-state index contributed by atoms with van der Waals surface area (Å²) >= 11 is 7.60. The number of halogens is 1. The van der Waals surface area contributed by atoms with Gasteiger partial charge in [0, 0.05) is 35.0 Å². The van der Waals surface area contributed by atoms with Gasteiger partial charge < -0.3 is 14.6 Å². The van der Waals surface area contributed by atoms with Crippen molar-refractivity contribution in [3.63, 3.8) is 0 Å². The molecule has 7 heteroatoms. The summed E-state index contributed by atoms with van der Waals surface area (Å²) in [5.74, 6) is 1.33. The van der Waals surface area contributed by atoms with Crippen molar-refractivity contribution in [1.82, 2.24) is 14.9 Å². The zero-order chi connectivity index (χ0) is 25.2. The van der Waals surface area contributed by atoms with Crippen molar-refractivity contribution in [2.75, 3.05) is 18.9 Å². The number of carbonyl (C=O) groups excluding carboxylic acids is 1. The van der Waals surface area contributed by atoms with Gasteiger partial charge in [-0.3, -0.25) is 4.79 Å². The highest BCUT2D eigenvalue weighted by molar-refractivity contribution is 7.99. The Morgan fingerprint density at radius 2 is 1.64 bits per heavy atom. The summed E-state index contributed by atoms with van der Waals surface area (Å²) in [6, 6.07) is 27.8. The summed E-state index contributed by atoms with van der Waals surface area (Å²) < 4.78 is 7.84. The summed E-state index contributed by atoms with van der Waals surface area (Å²) in [6.45, 7) is 3.65. The SMILES string of the molecule is CCCn1c(SCCCNC(=O)COc2ccc(Cl)cc2)nc(-c2ccccc2)c1-c1ccccc1. The summed E-state index contributed by atoms with van der Waals surface area (Å²) in [4.78, 5) is 17.2. The normalized spacial score (nSPS) is 10.8.